The number of aromatic nitrogens is 1. The summed E-state index contributed by atoms with van der Waals surface area (Å²) in [5.74, 6) is 0.842. The second-order valence-electron chi connectivity index (χ2n) is 6.78. The van der Waals surface area contributed by atoms with Crippen LogP contribution in [0.3, 0.4) is 0 Å². The number of benzene rings is 1. The first-order chi connectivity index (χ1) is 13.5. The number of nitrogens with two attached hydrogens (primary N) is 2. The van der Waals surface area contributed by atoms with E-state index >= 15 is 0 Å². The maximum absolute atomic E-state index is 5.85. The third kappa shape index (κ3) is 6.96. The molecule has 0 amide bonds. The van der Waals surface area contributed by atoms with Crippen molar-refractivity contribution >= 4 is 23.0 Å². The molecule has 2 aromatic rings. The molecule has 4 N–H and O–H groups in total. The summed E-state index contributed by atoms with van der Waals surface area (Å²) in [7, 11) is 0. The van der Waals surface area contributed by atoms with Crippen molar-refractivity contribution in [2.45, 2.75) is 59.3 Å². The van der Waals surface area contributed by atoms with Crippen molar-refractivity contribution in [3.8, 4) is 16.3 Å². The molecule has 28 heavy (non-hydrogen) atoms. The minimum Gasteiger partial charge on any atom is -0.494 e. The molecule has 0 atom stereocenters. The molecule has 0 saturated heterocycles. The lowest BCUT2D eigenvalue weighted by atomic mass is 10.1. The van der Waals surface area contributed by atoms with Crippen molar-refractivity contribution < 1.29 is 4.74 Å². The fourth-order valence-corrected chi connectivity index (χ4v) is 3.81. The van der Waals surface area contributed by atoms with Crippen LogP contribution in [0.25, 0.3) is 10.6 Å². The van der Waals surface area contributed by atoms with Gasteiger partial charge in [0.05, 0.1) is 22.9 Å². The number of aryl methyl sites for hydroxylation is 1. The number of thiazole rings is 1. The van der Waals surface area contributed by atoms with Crippen LogP contribution in [0.4, 0.5) is 0 Å². The lowest BCUT2D eigenvalue weighted by Crippen LogP contribution is -2.22. The van der Waals surface area contributed by atoms with Gasteiger partial charge < -0.3 is 16.2 Å². The Morgan fingerprint density at radius 2 is 1.71 bits per heavy atom. The summed E-state index contributed by atoms with van der Waals surface area (Å²) in [6.07, 6.45) is 7.59. The Morgan fingerprint density at radius 1 is 1.04 bits per heavy atom. The van der Waals surface area contributed by atoms with E-state index in [4.69, 9.17) is 16.2 Å². The fourth-order valence-electron chi connectivity index (χ4n) is 2.80. The quantitative estimate of drug-likeness (QED) is 0.243. The van der Waals surface area contributed by atoms with Gasteiger partial charge in [0.1, 0.15) is 10.8 Å². The first-order valence-electron chi connectivity index (χ1n) is 9.85. The highest BCUT2D eigenvalue weighted by molar-refractivity contribution is 7.17. The Labute approximate surface area is 171 Å². The second-order valence-corrected chi connectivity index (χ2v) is 7.78. The predicted octanol–water partition coefficient (Wildman–Crippen LogP) is 4.86. The smallest absolute Gasteiger partial charge is 0.211 e. The van der Waals surface area contributed by atoms with E-state index in [-0.39, 0.29) is 5.96 Å². The van der Waals surface area contributed by atoms with E-state index in [0.717, 1.165) is 45.6 Å². The highest BCUT2D eigenvalue weighted by Crippen LogP contribution is 2.29. The summed E-state index contributed by atoms with van der Waals surface area (Å²) in [6.45, 7) is 6.84. The average molecular weight is 402 g/mol. The average Bonchev–Trinajstić information content (AvgIpc) is 3.07. The van der Waals surface area contributed by atoms with E-state index in [1.165, 1.54) is 32.1 Å². The molecule has 0 aliphatic rings. The van der Waals surface area contributed by atoms with Crippen LogP contribution in [0.2, 0.25) is 0 Å². The van der Waals surface area contributed by atoms with Crippen LogP contribution in [0.15, 0.2) is 34.5 Å². The van der Waals surface area contributed by atoms with Gasteiger partial charge in [0.2, 0.25) is 5.96 Å². The minimum absolute atomic E-state index is 0.0571. The van der Waals surface area contributed by atoms with Crippen LogP contribution < -0.4 is 16.2 Å². The fraction of sp³-hybridized carbons (Fsp3) is 0.476. The molecule has 0 fully saturated rings. The van der Waals surface area contributed by atoms with Crippen molar-refractivity contribution in [1.29, 1.82) is 0 Å². The summed E-state index contributed by atoms with van der Waals surface area (Å²) in [4.78, 5) is 5.63. The molecule has 152 valence electrons. The monoisotopic (exact) mass is 401 g/mol. The van der Waals surface area contributed by atoms with E-state index in [1.807, 2.05) is 38.1 Å². The van der Waals surface area contributed by atoms with Crippen LogP contribution in [0, 0.1) is 6.92 Å². The number of guanidine groups is 1. The Balaban J connectivity index is 1.92. The number of hydrogen-bond donors (Lipinski definition) is 2. The molecule has 0 spiro atoms. The molecule has 0 bridgehead atoms. The lowest BCUT2D eigenvalue weighted by molar-refractivity contribution is 0.304. The van der Waals surface area contributed by atoms with Crippen LogP contribution in [-0.4, -0.2) is 23.3 Å². The number of ether oxygens (including phenoxy) is 1. The lowest BCUT2D eigenvalue weighted by Gasteiger charge is -2.06. The third-order valence-corrected chi connectivity index (χ3v) is 5.62. The van der Waals surface area contributed by atoms with Crippen LogP contribution in [0.1, 0.15) is 62.9 Å². The summed E-state index contributed by atoms with van der Waals surface area (Å²) >= 11 is 1.58. The minimum atomic E-state index is -0.0571. The number of nitrogens with zero attached hydrogens (tertiary/aromatic N) is 3. The van der Waals surface area contributed by atoms with E-state index < -0.39 is 0 Å². The first kappa shape index (κ1) is 21.9. The summed E-state index contributed by atoms with van der Waals surface area (Å²) in [5.41, 5.74) is 13.4. The zero-order chi connectivity index (χ0) is 20.4. The molecule has 0 aliphatic carbocycles. The van der Waals surface area contributed by atoms with Gasteiger partial charge in [0.25, 0.3) is 0 Å². The van der Waals surface area contributed by atoms with Gasteiger partial charge in [0.15, 0.2) is 0 Å². The van der Waals surface area contributed by atoms with E-state index in [9.17, 15) is 0 Å². The maximum Gasteiger partial charge on any atom is 0.211 e. The largest absolute Gasteiger partial charge is 0.494 e. The van der Waals surface area contributed by atoms with Crippen molar-refractivity contribution in [3.63, 3.8) is 0 Å². The molecular weight excluding hydrogens is 370 g/mol. The van der Waals surface area contributed by atoms with E-state index in [1.54, 1.807) is 11.3 Å². The van der Waals surface area contributed by atoms with Crippen LogP contribution in [0.5, 0.6) is 5.75 Å². The van der Waals surface area contributed by atoms with Crippen molar-refractivity contribution in [2.75, 3.05) is 6.61 Å². The zero-order valence-electron chi connectivity index (χ0n) is 17.1. The van der Waals surface area contributed by atoms with Crippen molar-refractivity contribution in [3.05, 3.63) is 34.8 Å². The SMILES string of the molecule is CCCCCCCCOc1ccc(-c2nc(C)c(/C(C)=N/N=C(N)N)s2)cc1. The number of hydrogen-bond acceptors (Lipinski definition) is 5. The van der Waals surface area contributed by atoms with Gasteiger partial charge in [-0.1, -0.05) is 39.0 Å². The van der Waals surface area contributed by atoms with Gasteiger partial charge in [-0.05, 0) is 44.5 Å². The van der Waals surface area contributed by atoms with Crippen LogP contribution in [-0.2, 0) is 0 Å². The van der Waals surface area contributed by atoms with Gasteiger partial charge in [-0.2, -0.15) is 5.10 Å². The normalized spacial score (nSPS) is 11.5. The summed E-state index contributed by atoms with van der Waals surface area (Å²) in [6, 6.07) is 8.09. The standard InChI is InChI=1S/C21H31N5OS/c1-4-5-6-7-8-9-14-27-18-12-10-17(11-13-18)20-24-15(2)19(28-20)16(3)25-26-21(22)23/h10-13H,4-9,14H2,1-3H3,(H4,22,23,26)/b25-16+. The molecule has 6 nitrogen and oxygen atoms in total. The molecule has 7 heteroatoms. The number of rotatable bonds is 11. The van der Waals surface area contributed by atoms with E-state index in [2.05, 4.69) is 22.1 Å². The van der Waals surface area contributed by atoms with Gasteiger partial charge in [-0.25, -0.2) is 4.98 Å². The Bertz CT molecular complexity index is 792. The maximum atomic E-state index is 5.85. The molecule has 2 rings (SSSR count). The zero-order valence-corrected chi connectivity index (χ0v) is 17.9. The van der Waals surface area contributed by atoms with Gasteiger partial charge in [-0.15, -0.1) is 16.4 Å². The highest BCUT2D eigenvalue weighted by Gasteiger charge is 2.12. The van der Waals surface area contributed by atoms with Gasteiger partial charge >= 0.3 is 0 Å². The summed E-state index contributed by atoms with van der Waals surface area (Å²) < 4.78 is 5.85. The topological polar surface area (TPSA) is 98.9 Å². The Morgan fingerprint density at radius 3 is 2.39 bits per heavy atom. The molecule has 0 unspecified atom stereocenters. The second kappa shape index (κ2) is 11.4. The molecule has 0 saturated carbocycles. The molecular formula is C21H31N5OS. The third-order valence-electron chi connectivity index (χ3n) is 4.31. The summed E-state index contributed by atoms with van der Waals surface area (Å²) in [5, 5.41) is 8.70. The molecule has 0 aliphatic heterocycles. The Hall–Kier alpha value is -2.41. The highest BCUT2D eigenvalue weighted by atomic mass is 32.1. The molecule has 0 radical (unpaired) electrons. The first-order valence-corrected chi connectivity index (χ1v) is 10.7. The molecule has 1 aromatic carbocycles. The molecule has 1 heterocycles. The van der Waals surface area contributed by atoms with Crippen LogP contribution >= 0.6 is 11.3 Å². The molecule has 1 aromatic heterocycles. The van der Waals surface area contributed by atoms with E-state index in [0.29, 0.717) is 0 Å². The number of unbranched alkanes of at least 4 members (excludes halogenated alkanes) is 5. The Kier molecular flexibility index (Phi) is 8.94. The van der Waals surface area contributed by atoms with Crippen molar-refractivity contribution in [2.24, 2.45) is 21.7 Å². The van der Waals surface area contributed by atoms with Gasteiger partial charge in [0, 0.05) is 5.56 Å². The van der Waals surface area contributed by atoms with Gasteiger partial charge in [-0.3, -0.25) is 0 Å². The predicted molar refractivity (Wildman–Crippen MR) is 119 cm³/mol. The van der Waals surface area contributed by atoms with Crippen molar-refractivity contribution in [1.82, 2.24) is 4.98 Å².